The summed E-state index contributed by atoms with van der Waals surface area (Å²) in [5, 5.41) is 3.34. The maximum absolute atomic E-state index is 12.4. The van der Waals surface area contributed by atoms with Crippen LogP contribution < -0.4 is 16.0 Å². The molecule has 0 bridgehead atoms. The second kappa shape index (κ2) is 5.26. The summed E-state index contributed by atoms with van der Waals surface area (Å²) in [6.45, 7) is 5.86. The molecule has 23 heavy (non-hydrogen) atoms. The van der Waals surface area contributed by atoms with Gasteiger partial charge in [-0.25, -0.2) is 4.98 Å². The number of aromatic nitrogens is 1. The largest absolute Gasteiger partial charge is 0.396 e. The molecule has 1 unspecified atom stereocenters. The molecule has 0 saturated heterocycles. The third kappa shape index (κ3) is 2.42. The van der Waals surface area contributed by atoms with Crippen LogP contribution in [0.5, 0.6) is 0 Å². The van der Waals surface area contributed by atoms with Crippen LogP contribution in [0.25, 0.3) is 0 Å². The van der Waals surface area contributed by atoms with Crippen LogP contribution in [0.2, 0.25) is 0 Å². The van der Waals surface area contributed by atoms with Gasteiger partial charge in [0, 0.05) is 12.6 Å². The Morgan fingerprint density at radius 2 is 1.91 bits per heavy atom. The number of amides is 1. The van der Waals surface area contributed by atoms with Crippen LogP contribution in [0.1, 0.15) is 37.9 Å². The minimum atomic E-state index is -0.589. The van der Waals surface area contributed by atoms with E-state index in [1.807, 2.05) is 38.1 Å². The van der Waals surface area contributed by atoms with E-state index < -0.39 is 5.41 Å². The number of rotatable bonds is 3. The topological polar surface area (TPSA) is 71.2 Å². The van der Waals surface area contributed by atoms with Gasteiger partial charge in [0.05, 0.1) is 17.1 Å². The van der Waals surface area contributed by atoms with Crippen LogP contribution in [-0.2, 0) is 10.2 Å². The Kier molecular flexibility index (Phi) is 3.51. The molecule has 0 fully saturated rings. The molecule has 5 heteroatoms. The van der Waals surface area contributed by atoms with Gasteiger partial charge in [0.25, 0.3) is 0 Å². The molecule has 1 atom stereocenters. The van der Waals surface area contributed by atoms with E-state index in [9.17, 15) is 4.79 Å². The number of carbonyl (C=O) groups is 1. The molecule has 0 spiro atoms. The van der Waals surface area contributed by atoms with E-state index in [0.717, 1.165) is 11.1 Å². The molecule has 1 aromatic heterocycles. The van der Waals surface area contributed by atoms with E-state index >= 15 is 0 Å². The maximum atomic E-state index is 12.4. The number of fused-ring (bicyclic) bond motifs is 1. The summed E-state index contributed by atoms with van der Waals surface area (Å²) in [7, 11) is 1.75. The minimum Gasteiger partial charge on any atom is -0.396 e. The average Bonchev–Trinajstić information content (AvgIpc) is 2.70. The molecule has 2 aromatic rings. The van der Waals surface area contributed by atoms with Crippen molar-refractivity contribution in [2.24, 2.45) is 0 Å². The van der Waals surface area contributed by atoms with Crippen molar-refractivity contribution in [2.75, 3.05) is 23.0 Å². The van der Waals surface area contributed by atoms with Gasteiger partial charge in [-0.05, 0) is 32.4 Å². The zero-order chi connectivity index (χ0) is 16.8. The van der Waals surface area contributed by atoms with E-state index in [2.05, 4.69) is 29.4 Å². The second-order valence-electron chi connectivity index (χ2n) is 6.56. The fourth-order valence-corrected chi connectivity index (χ4v) is 3.01. The van der Waals surface area contributed by atoms with E-state index in [1.54, 1.807) is 11.9 Å². The fraction of sp³-hybridized carbons (Fsp3) is 0.333. The predicted molar refractivity (Wildman–Crippen MR) is 93.6 cm³/mol. The van der Waals surface area contributed by atoms with Crippen LogP contribution in [0.15, 0.2) is 36.4 Å². The number of anilines is 3. The number of nitrogens with zero attached hydrogens (tertiary/aromatic N) is 2. The number of nitrogens with two attached hydrogens (primary N) is 1. The summed E-state index contributed by atoms with van der Waals surface area (Å²) in [6.07, 6.45) is 0. The summed E-state index contributed by atoms with van der Waals surface area (Å²) in [6, 6.07) is 12.0. The number of pyridine rings is 1. The highest BCUT2D eigenvalue weighted by molar-refractivity contribution is 6.06. The molecule has 1 aliphatic rings. The monoisotopic (exact) mass is 310 g/mol. The first kappa shape index (κ1) is 15.3. The molecule has 1 aromatic carbocycles. The van der Waals surface area contributed by atoms with Gasteiger partial charge in [0.15, 0.2) is 5.82 Å². The Balaban J connectivity index is 1.96. The Labute approximate surface area is 136 Å². The highest BCUT2D eigenvalue weighted by Gasteiger charge is 2.43. The predicted octanol–water partition coefficient (Wildman–Crippen LogP) is 3.09. The molecular formula is C18H22N4O. The van der Waals surface area contributed by atoms with E-state index in [-0.39, 0.29) is 11.9 Å². The fourth-order valence-electron chi connectivity index (χ4n) is 3.01. The van der Waals surface area contributed by atoms with Gasteiger partial charge >= 0.3 is 0 Å². The number of nitrogens with one attached hydrogen (secondary N) is 1. The quantitative estimate of drug-likeness (QED) is 0.914. The standard InChI is InChI=1S/C18H22N4O/c1-11(12-8-6-5-7-9-12)20-15-14(19)10-13-16(21-15)22(4)17(23)18(13,2)3/h5-11H,19H2,1-4H3,(H,20,21). The van der Waals surface area contributed by atoms with E-state index in [4.69, 9.17) is 5.73 Å². The SMILES string of the molecule is CC(Nc1nc2c(cc1N)C(C)(C)C(=O)N2C)c1ccccc1. The lowest BCUT2D eigenvalue weighted by molar-refractivity contribution is -0.121. The molecular weight excluding hydrogens is 288 g/mol. The van der Waals surface area contributed by atoms with Crippen molar-refractivity contribution in [3.8, 4) is 0 Å². The zero-order valence-electron chi connectivity index (χ0n) is 13.9. The molecule has 3 N–H and O–H groups in total. The van der Waals surface area contributed by atoms with E-state index in [0.29, 0.717) is 17.3 Å². The van der Waals surface area contributed by atoms with Crippen molar-refractivity contribution in [1.82, 2.24) is 4.98 Å². The van der Waals surface area contributed by atoms with Crippen LogP contribution in [-0.4, -0.2) is 17.9 Å². The summed E-state index contributed by atoms with van der Waals surface area (Å²) in [4.78, 5) is 18.6. The van der Waals surface area contributed by atoms with E-state index in [1.165, 1.54) is 0 Å². The molecule has 0 radical (unpaired) electrons. The average molecular weight is 310 g/mol. The van der Waals surface area contributed by atoms with Crippen molar-refractivity contribution in [3.63, 3.8) is 0 Å². The Morgan fingerprint density at radius 1 is 1.26 bits per heavy atom. The molecule has 0 saturated carbocycles. The first-order valence-electron chi connectivity index (χ1n) is 7.73. The number of carbonyl (C=O) groups excluding carboxylic acids is 1. The van der Waals surface area contributed by atoms with Crippen molar-refractivity contribution in [1.29, 1.82) is 0 Å². The van der Waals surface area contributed by atoms with Crippen molar-refractivity contribution in [2.45, 2.75) is 32.2 Å². The highest BCUT2D eigenvalue weighted by atomic mass is 16.2. The molecule has 120 valence electrons. The molecule has 1 aliphatic heterocycles. The first-order chi connectivity index (χ1) is 10.8. The van der Waals surface area contributed by atoms with Gasteiger partial charge in [0.1, 0.15) is 5.82 Å². The van der Waals surface area contributed by atoms with Crippen LogP contribution in [0.4, 0.5) is 17.3 Å². The lowest BCUT2D eigenvalue weighted by Gasteiger charge is -2.19. The smallest absolute Gasteiger partial charge is 0.238 e. The summed E-state index contributed by atoms with van der Waals surface area (Å²) in [5.41, 5.74) is 8.17. The Morgan fingerprint density at radius 3 is 2.57 bits per heavy atom. The molecule has 0 aliphatic carbocycles. The van der Waals surface area contributed by atoms with Crippen molar-refractivity contribution < 1.29 is 4.79 Å². The second-order valence-corrected chi connectivity index (χ2v) is 6.56. The van der Waals surface area contributed by atoms with Crippen molar-refractivity contribution in [3.05, 3.63) is 47.5 Å². The Bertz CT molecular complexity index is 755. The Hall–Kier alpha value is -2.56. The van der Waals surface area contributed by atoms with Gasteiger partial charge in [0.2, 0.25) is 5.91 Å². The highest BCUT2D eigenvalue weighted by Crippen LogP contribution is 2.42. The lowest BCUT2D eigenvalue weighted by atomic mass is 9.87. The molecule has 3 rings (SSSR count). The third-order valence-corrected chi connectivity index (χ3v) is 4.52. The maximum Gasteiger partial charge on any atom is 0.238 e. The number of likely N-dealkylation sites (N-methyl/N-ethyl adjacent to an activating group) is 1. The van der Waals surface area contributed by atoms with Gasteiger partial charge in [-0.3, -0.25) is 9.69 Å². The van der Waals surface area contributed by atoms with Crippen LogP contribution in [0, 0.1) is 0 Å². The van der Waals surface area contributed by atoms with Crippen LogP contribution >= 0.6 is 0 Å². The normalized spacial score (nSPS) is 17.0. The third-order valence-electron chi connectivity index (χ3n) is 4.52. The van der Waals surface area contributed by atoms with Gasteiger partial charge < -0.3 is 11.1 Å². The van der Waals surface area contributed by atoms with Crippen LogP contribution in [0.3, 0.4) is 0 Å². The molecule has 2 heterocycles. The van der Waals surface area contributed by atoms with Gasteiger partial charge in [-0.2, -0.15) is 0 Å². The minimum absolute atomic E-state index is 0.0349. The van der Waals surface area contributed by atoms with Crippen molar-refractivity contribution >= 4 is 23.2 Å². The van der Waals surface area contributed by atoms with Gasteiger partial charge in [-0.1, -0.05) is 30.3 Å². The first-order valence-corrected chi connectivity index (χ1v) is 7.73. The summed E-state index contributed by atoms with van der Waals surface area (Å²) >= 11 is 0. The molecule has 1 amide bonds. The molecule has 5 nitrogen and oxygen atoms in total. The van der Waals surface area contributed by atoms with Gasteiger partial charge in [-0.15, -0.1) is 0 Å². The summed E-state index contributed by atoms with van der Waals surface area (Å²) < 4.78 is 0. The zero-order valence-corrected chi connectivity index (χ0v) is 13.9. The number of benzene rings is 1. The summed E-state index contributed by atoms with van der Waals surface area (Å²) in [5.74, 6) is 1.32. The lowest BCUT2D eigenvalue weighted by Crippen LogP contribution is -2.33. The number of hydrogen-bond acceptors (Lipinski definition) is 4. The number of hydrogen-bond donors (Lipinski definition) is 2. The number of nitrogen functional groups attached to an aromatic ring is 1.